The van der Waals surface area contributed by atoms with Crippen LogP contribution < -0.4 is 10.1 Å². The van der Waals surface area contributed by atoms with Gasteiger partial charge in [-0.05, 0) is 59.2 Å². The summed E-state index contributed by atoms with van der Waals surface area (Å²) in [5.41, 5.74) is 5.36. The largest absolute Gasteiger partial charge is 0.457 e. The molecule has 0 bridgehead atoms. The van der Waals surface area contributed by atoms with Crippen molar-refractivity contribution in [3.63, 3.8) is 0 Å². The Hall–Kier alpha value is -2.91. The van der Waals surface area contributed by atoms with Crippen LogP contribution >= 0.6 is 0 Å². The van der Waals surface area contributed by atoms with Crippen molar-refractivity contribution in [3.05, 3.63) is 95.6 Å². The first kappa shape index (κ1) is 20.4. The van der Waals surface area contributed by atoms with E-state index >= 15 is 0 Å². The van der Waals surface area contributed by atoms with Crippen LogP contribution in [-0.4, -0.2) is 12.3 Å². The zero-order chi connectivity index (χ0) is 20.8. The van der Waals surface area contributed by atoms with Gasteiger partial charge in [0.05, 0.1) is 0 Å². The summed E-state index contributed by atoms with van der Waals surface area (Å²) in [5, 5.41) is 3.53. The molecule has 1 N–H and O–H groups in total. The quantitative estimate of drug-likeness (QED) is 0.478. The van der Waals surface area contributed by atoms with Crippen LogP contribution in [0.25, 0.3) is 0 Å². The SMILES string of the molecule is CCC1(C)CN=C(c2ccc(CNCc3cccc(Oc4ccccc4)c3)cc2)C1. The van der Waals surface area contributed by atoms with Gasteiger partial charge in [0.1, 0.15) is 11.5 Å². The molecule has 3 nitrogen and oxygen atoms in total. The van der Waals surface area contributed by atoms with Gasteiger partial charge >= 0.3 is 0 Å². The average molecular weight is 399 g/mol. The highest BCUT2D eigenvalue weighted by Gasteiger charge is 2.29. The zero-order valence-corrected chi connectivity index (χ0v) is 17.9. The third-order valence-electron chi connectivity index (χ3n) is 5.92. The number of para-hydroxylation sites is 1. The third-order valence-corrected chi connectivity index (χ3v) is 5.92. The summed E-state index contributed by atoms with van der Waals surface area (Å²) in [4.78, 5) is 4.79. The highest BCUT2D eigenvalue weighted by Crippen LogP contribution is 2.33. The molecular weight excluding hydrogens is 368 g/mol. The van der Waals surface area contributed by atoms with E-state index < -0.39 is 0 Å². The topological polar surface area (TPSA) is 33.6 Å². The van der Waals surface area contributed by atoms with E-state index in [0.717, 1.165) is 37.6 Å². The molecular formula is C27H30N2O. The second-order valence-corrected chi connectivity index (χ2v) is 8.47. The fourth-order valence-electron chi connectivity index (χ4n) is 3.74. The fraction of sp³-hybridized carbons (Fsp3) is 0.296. The summed E-state index contributed by atoms with van der Waals surface area (Å²) in [6, 6.07) is 27.0. The molecule has 1 aliphatic heterocycles. The van der Waals surface area contributed by atoms with Crippen LogP contribution in [0.4, 0.5) is 0 Å². The van der Waals surface area contributed by atoms with E-state index in [2.05, 4.69) is 55.6 Å². The number of hydrogen-bond acceptors (Lipinski definition) is 3. The average Bonchev–Trinajstić information content (AvgIpc) is 3.18. The monoisotopic (exact) mass is 398 g/mol. The number of benzene rings is 3. The molecule has 4 rings (SSSR count). The maximum Gasteiger partial charge on any atom is 0.127 e. The smallest absolute Gasteiger partial charge is 0.127 e. The lowest BCUT2D eigenvalue weighted by Gasteiger charge is -2.19. The lowest BCUT2D eigenvalue weighted by Crippen LogP contribution is -2.16. The molecule has 30 heavy (non-hydrogen) atoms. The maximum absolute atomic E-state index is 5.93. The Bertz CT molecular complexity index is 995. The predicted octanol–water partition coefficient (Wildman–Crippen LogP) is 6.38. The number of rotatable bonds is 8. The minimum Gasteiger partial charge on any atom is -0.457 e. The normalized spacial score (nSPS) is 18.3. The molecule has 1 aliphatic rings. The van der Waals surface area contributed by atoms with E-state index in [9.17, 15) is 0 Å². The highest BCUT2D eigenvalue weighted by molar-refractivity contribution is 6.02. The highest BCUT2D eigenvalue weighted by atomic mass is 16.5. The van der Waals surface area contributed by atoms with Crippen molar-refractivity contribution >= 4 is 5.71 Å². The minimum absolute atomic E-state index is 0.342. The Morgan fingerprint density at radius 1 is 0.867 bits per heavy atom. The first-order chi connectivity index (χ1) is 14.6. The van der Waals surface area contributed by atoms with Crippen LogP contribution in [0.5, 0.6) is 11.5 Å². The van der Waals surface area contributed by atoms with Crippen molar-refractivity contribution in [2.24, 2.45) is 10.4 Å². The zero-order valence-electron chi connectivity index (χ0n) is 17.9. The molecule has 0 radical (unpaired) electrons. The Morgan fingerprint density at radius 2 is 1.60 bits per heavy atom. The maximum atomic E-state index is 5.93. The van der Waals surface area contributed by atoms with Gasteiger partial charge in [-0.2, -0.15) is 0 Å². The molecule has 0 saturated carbocycles. The molecule has 1 atom stereocenters. The number of nitrogens with zero attached hydrogens (tertiary/aromatic N) is 1. The van der Waals surface area contributed by atoms with Gasteiger partial charge in [0, 0.05) is 25.3 Å². The summed E-state index contributed by atoms with van der Waals surface area (Å²) in [6.45, 7) is 7.19. The van der Waals surface area contributed by atoms with Crippen molar-refractivity contribution in [3.8, 4) is 11.5 Å². The Labute approximate surface area is 179 Å². The summed E-state index contributed by atoms with van der Waals surface area (Å²) in [7, 11) is 0. The summed E-state index contributed by atoms with van der Waals surface area (Å²) >= 11 is 0. The van der Waals surface area contributed by atoms with E-state index in [1.807, 2.05) is 42.5 Å². The van der Waals surface area contributed by atoms with Gasteiger partial charge in [0.2, 0.25) is 0 Å². The Kier molecular flexibility index (Phi) is 6.29. The van der Waals surface area contributed by atoms with E-state index in [-0.39, 0.29) is 0 Å². The van der Waals surface area contributed by atoms with Crippen LogP contribution in [0.15, 0.2) is 83.9 Å². The first-order valence-electron chi connectivity index (χ1n) is 10.8. The number of aliphatic imine (C=N–C) groups is 1. The van der Waals surface area contributed by atoms with Gasteiger partial charge < -0.3 is 10.1 Å². The fourth-order valence-corrected chi connectivity index (χ4v) is 3.74. The van der Waals surface area contributed by atoms with Crippen LogP contribution in [0.2, 0.25) is 0 Å². The second-order valence-electron chi connectivity index (χ2n) is 8.47. The van der Waals surface area contributed by atoms with Gasteiger partial charge in [-0.15, -0.1) is 0 Å². The van der Waals surface area contributed by atoms with Crippen molar-refractivity contribution < 1.29 is 4.74 Å². The number of nitrogens with one attached hydrogen (secondary N) is 1. The molecule has 1 heterocycles. The Morgan fingerprint density at radius 3 is 2.33 bits per heavy atom. The number of ether oxygens (including phenoxy) is 1. The minimum atomic E-state index is 0.342. The number of hydrogen-bond donors (Lipinski definition) is 1. The van der Waals surface area contributed by atoms with E-state index in [1.165, 1.54) is 28.8 Å². The van der Waals surface area contributed by atoms with E-state index in [4.69, 9.17) is 9.73 Å². The molecule has 3 aromatic carbocycles. The van der Waals surface area contributed by atoms with Gasteiger partial charge in [-0.3, -0.25) is 4.99 Å². The molecule has 0 saturated heterocycles. The molecule has 0 fully saturated rings. The van der Waals surface area contributed by atoms with E-state index in [1.54, 1.807) is 0 Å². The molecule has 0 aromatic heterocycles. The van der Waals surface area contributed by atoms with Crippen molar-refractivity contribution in [2.45, 2.75) is 39.8 Å². The molecule has 3 heteroatoms. The van der Waals surface area contributed by atoms with E-state index in [0.29, 0.717) is 5.41 Å². The van der Waals surface area contributed by atoms with Gasteiger partial charge in [-0.1, -0.05) is 68.4 Å². The molecule has 0 spiro atoms. The van der Waals surface area contributed by atoms with Crippen LogP contribution in [0.1, 0.15) is 43.4 Å². The Balaban J connectivity index is 1.29. The predicted molar refractivity (Wildman–Crippen MR) is 124 cm³/mol. The van der Waals surface area contributed by atoms with Crippen LogP contribution in [-0.2, 0) is 13.1 Å². The van der Waals surface area contributed by atoms with Crippen LogP contribution in [0.3, 0.4) is 0 Å². The summed E-state index contributed by atoms with van der Waals surface area (Å²) in [5.74, 6) is 1.72. The molecule has 3 aromatic rings. The van der Waals surface area contributed by atoms with Crippen molar-refractivity contribution in [2.75, 3.05) is 6.54 Å². The lowest BCUT2D eigenvalue weighted by atomic mass is 9.84. The first-order valence-corrected chi connectivity index (χ1v) is 10.8. The summed E-state index contributed by atoms with van der Waals surface area (Å²) < 4.78 is 5.93. The van der Waals surface area contributed by atoms with Gasteiger partial charge in [-0.25, -0.2) is 0 Å². The van der Waals surface area contributed by atoms with Crippen LogP contribution in [0, 0.1) is 5.41 Å². The third kappa shape index (κ3) is 5.17. The molecule has 0 amide bonds. The molecule has 0 aliphatic carbocycles. The van der Waals surface area contributed by atoms with Crippen molar-refractivity contribution in [1.82, 2.24) is 5.32 Å². The van der Waals surface area contributed by atoms with Gasteiger partial charge in [0.15, 0.2) is 0 Å². The molecule has 1 unspecified atom stereocenters. The molecule has 154 valence electrons. The summed E-state index contributed by atoms with van der Waals surface area (Å²) in [6.07, 6.45) is 2.27. The standard InChI is InChI=1S/C27H30N2O/c1-3-27(2)17-26(29-20-27)23-14-12-21(13-15-23)18-28-19-22-8-7-11-25(16-22)30-24-9-5-4-6-10-24/h4-16,28H,3,17-20H2,1-2H3. The van der Waals surface area contributed by atoms with Crippen molar-refractivity contribution in [1.29, 1.82) is 0 Å². The lowest BCUT2D eigenvalue weighted by molar-refractivity contribution is 0.359. The second kappa shape index (κ2) is 9.27. The van der Waals surface area contributed by atoms with Gasteiger partial charge in [0.25, 0.3) is 0 Å².